The van der Waals surface area contributed by atoms with Crippen LogP contribution >= 0.6 is 0 Å². The summed E-state index contributed by atoms with van der Waals surface area (Å²) in [5.74, 6) is -0.481. The topological polar surface area (TPSA) is 58.6 Å². The van der Waals surface area contributed by atoms with Crippen molar-refractivity contribution in [1.29, 1.82) is 0 Å². The van der Waals surface area contributed by atoms with E-state index >= 15 is 0 Å². The minimum Gasteiger partial charge on any atom is -0.545 e. The molecule has 1 aliphatic rings. The monoisotopic (exact) mass is 228 g/mol. The van der Waals surface area contributed by atoms with Gasteiger partial charge in [-0.05, 0) is 19.9 Å². The molecule has 2 rings (SSSR count). The summed E-state index contributed by atoms with van der Waals surface area (Å²) in [5, 5.41) is 10.9. The Hall–Kier alpha value is -1.11. The van der Waals surface area contributed by atoms with Gasteiger partial charge >= 0.3 is 18.9 Å². The predicted molar refractivity (Wildman–Crippen MR) is 55.7 cm³/mol. The van der Waals surface area contributed by atoms with E-state index in [0.717, 1.165) is 12.0 Å². The third-order valence-electron chi connectivity index (χ3n) is 2.61. The van der Waals surface area contributed by atoms with E-state index in [1.54, 1.807) is 6.07 Å². The third kappa shape index (κ3) is 2.43. The van der Waals surface area contributed by atoms with E-state index < -0.39 is 5.97 Å². The van der Waals surface area contributed by atoms with E-state index in [1.165, 1.54) is 13.2 Å². The molecule has 0 radical (unpaired) electrons. The molecule has 0 saturated heterocycles. The summed E-state index contributed by atoms with van der Waals surface area (Å²) in [4.78, 5) is 10.9. The molecule has 0 spiro atoms. The van der Waals surface area contributed by atoms with E-state index in [4.69, 9.17) is 9.47 Å². The number of benzene rings is 1. The van der Waals surface area contributed by atoms with Crippen molar-refractivity contribution < 1.29 is 38.2 Å². The van der Waals surface area contributed by atoms with Crippen molar-refractivity contribution in [1.82, 2.24) is 0 Å². The zero-order valence-electron chi connectivity index (χ0n) is 10.5. The Balaban J connectivity index is 0.00000144. The molecule has 0 N–H and O–H groups in total. The van der Waals surface area contributed by atoms with Crippen LogP contribution in [-0.2, 0) is 6.42 Å². The number of carbonyl (C=O) groups excluding carboxylic acids is 1. The summed E-state index contributed by atoms with van der Waals surface area (Å²) in [6, 6.07) is 3.25. The van der Waals surface area contributed by atoms with Crippen molar-refractivity contribution in [3.05, 3.63) is 23.3 Å². The van der Waals surface area contributed by atoms with E-state index in [2.05, 4.69) is 0 Å². The molecule has 0 fully saturated rings. The smallest absolute Gasteiger partial charge is 0.545 e. The standard InChI is InChI=1S/C12H14O4.Li/c1-12(2)6-7-4-5-8(11(13)14)10(15-3)9(7)16-12;/h4-5H,6H2,1-3H3,(H,13,14);/q;+1/p-1. The minimum atomic E-state index is -1.26. The molecular weight excluding hydrogens is 215 g/mol. The molecule has 0 aromatic heterocycles. The molecule has 1 aromatic rings. The number of aromatic carboxylic acids is 1. The number of ether oxygens (including phenoxy) is 2. The van der Waals surface area contributed by atoms with Crippen LogP contribution in [0.1, 0.15) is 29.8 Å². The van der Waals surface area contributed by atoms with E-state index in [1.807, 2.05) is 13.8 Å². The summed E-state index contributed by atoms with van der Waals surface area (Å²) < 4.78 is 10.8. The molecule has 0 bridgehead atoms. The molecule has 1 aromatic carbocycles. The van der Waals surface area contributed by atoms with Gasteiger partial charge in [0, 0.05) is 17.5 Å². The Labute approximate surface area is 112 Å². The Morgan fingerprint density at radius 2 is 2.12 bits per heavy atom. The quantitative estimate of drug-likeness (QED) is 0.538. The maximum atomic E-state index is 10.9. The fraction of sp³-hybridized carbons (Fsp3) is 0.417. The molecule has 0 saturated carbocycles. The summed E-state index contributed by atoms with van der Waals surface area (Å²) in [6.45, 7) is 3.90. The van der Waals surface area contributed by atoms with Gasteiger partial charge < -0.3 is 19.4 Å². The van der Waals surface area contributed by atoms with Crippen molar-refractivity contribution in [2.75, 3.05) is 7.11 Å². The number of hydrogen-bond donors (Lipinski definition) is 0. The Morgan fingerprint density at radius 1 is 1.47 bits per heavy atom. The number of fused-ring (bicyclic) bond motifs is 1. The van der Waals surface area contributed by atoms with Crippen molar-refractivity contribution >= 4 is 5.97 Å². The first-order valence-corrected chi connectivity index (χ1v) is 5.05. The van der Waals surface area contributed by atoms with Crippen LogP contribution in [0.25, 0.3) is 0 Å². The van der Waals surface area contributed by atoms with Gasteiger partial charge in [-0.1, -0.05) is 6.07 Å². The number of rotatable bonds is 2. The van der Waals surface area contributed by atoms with Crippen LogP contribution in [0, 0.1) is 0 Å². The average Bonchev–Trinajstić information content (AvgIpc) is 2.49. The summed E-state index contributed by atoms with van der Waals surface area (Å²) in [7, 11) is 1.43. The van der Waals surface area contributed by atoms with Crippen molar-refractivity contribution in [3.8, 4) is 11.5 Å². The Morgan fingerprint density at radius 3 is 2.65 bits per heavy atom. The van der Waals surface area contributed by atoms with Crippen LogP contribution in [0.15, 0.2) is 12.1 Å². The Bertz CT molecular complexity index is 454. The normalized spacial score (nSPS) is 15.5. The molecule has 4 nitrogen and oxygen atoms in total. The van der Waals surface area contributed by atoms with Crippen molar-refractivity contribution in [2.24, 2.45) is 0 Å². The maximum Gasteiger partial charge on any atom is 1.00 e. The summed E-state index contributed by atoms with van der Waals surface area (Å²) >= 11 is 0. The number of carbonyl (C=O) groups is 1. The van der Waals surface area contributed by atoms with Gasteiger partial charge in [0.1, 0.15) is 5.60 Å². The van der Waals surface area contributed by atoms with Gasteiger partial charge in [-0.3, -0.25) is 0 Å². The number of carboxylic acid groups (broad SMARTS) is 1. The molecule has 17 heavy (non-hydrogen) atoms. The number of carboxylic acids is 1. The van der Waals surface area contributed by atoms with E-state index in [0.29, 0.717) is 5.75 Å². The van der Waals surface area contributed by atoms with Gasteiger partial charge in [0.05, 0.1) is 13.1 Å². The number of methoxy groups -OCH3 is 1. The zero-order chi connectivity index (χ0) is 11.9. The van der Waals surface area contributed by atoms with Crippen LogP contribution in [0.5, 0.6) is 11.5 Å². The van der Waals surface area contributed by atoms with Crippen LogP contribution in [-0.4, -0.2) is 18.7 Å². The molecule has 0 atom stereocenters. The minimum absolute atomic E-state index is 0. The third-order valence-corrected chi connectivity index (χ3v) is 2.61. The first-order valence-electron chi connectivity index (χ1n) is 5.05. The van der Waals surface area contributed by atoms with Crippen molar-refractivity contribution in [3.63, 3.8) is 0 Å². The van der Waals surface area contributed by atoms with Gasteiger partial charge in [0.15, 0.2) is 11.5 Å². The first-order chi connectivity index (χ1) is 7.44. The van der Waals surface area contributed by atoms with Gasteiger partial charge in [-0.2, -0.15) is 0 Å². The SMILES string of the molecule is COc1c(C(=O)[O-])ccc2c1OC(C)(C)C2.[Li+]. The molecule has 0 unspecified atom stereocenters. The first kappa shape index (κ1) is 14.0. The zero-order valence-corrected chi connectivity index (χ0v) is 10.5. The summed E-state index contributed by atoms with van der Waals surface area (Å²) in [5.41, 5.74) is 0.672. The molecule has 1 aliphatic heterocycles. The van der Waals surface area contributed by atoms with Gasteiger partial charge in [0.2, 0.25) is 0 Å². The average molecular weight is 228 g/mol. The molecule has 5 heteroatoms. The van der Waals surface area contributed by atoms with Crippen LogP contribution in [0.4, 0.5) is 0 Å². The fourth-order valence-corrected chi connectivity index (χ4v) is 1.99. The molecule has 0 aliphatic carbocycles. The number of hydrogen-bond acceptors (Lipinski definition) is 4. The summed E-state index contributed by atoms with van der Waals surface area (Å²) in [6.07, 6.45) is 0.742. The van der Waals surface area contributed by atoms with Gasteiger partial charge in [-0.25, -0.2) is 0 Å². The van der Waals surface area contributed by atoms with E-state index in [9.17, 15) is 9.90 Å². The van der Waals surface area contributed by atoms with Gasteiger partial charge in [0.25, 0.3) is 0 Å². The Kier molecular flexibility index (Phi) is 3.80. The van der Waals surface area contributed by atoms with Crippen LogP contribution in [0.2, 0.25) is 0 Å². The molecule has 1 heterocycles. The fourth-order valence-electron chi connectivity index (χ4n) is 1.99. The van der Waals surface area contributed by atoms with Gasteiger partial charge in [-0.15, -0.1) is 0 Å². The van der Waals surface area contributed by atoms with Crippen LogP contribution in [0.3, 0.4) is 0 Å². The maximum absolute atomic E-state index is 10.9. The molecule has 0 amide bonds. The van der Waals surface area contributed by atoms with Crippen LogP contribution < -0.4 is 33.4 Å². The van der Waals surface area contributed by atoms with Crippen molar-refractivity contribution in [2.45, 2.75) is 25.9 Å². The van der Waals surface area contributed by atoms with E-state index in [-0.39, 0.29) is 35.8 Å². The molecular formula is C12H13LiO4. The largest absolute Gasteiger partial charge is 1.00 e. The second-order valence-corrected chi connectivity index (χ2v) is 4.46. The molecule has 86 valence electrons. The second-order valence-electron chi connectivity index (χ2n) is 4.46. The second kappa shape index (κ2) is 4.64. The predicted octanol–water partition coefficient (Wildman–Crippen LogP) is -2.22.